The molecule has 7 heteroatoms. The van der Waals surface area contributed by atoms with E-state index in [1.54, 1.807) is 44.4 Å². The number of hydrogen-bond donors (Lipinski definition) is 4. The summed E-state index contributed by atoms with van der Waals surface area (Å²) < 4.78 is 5.23. The molecule has 0 aliphatic rings. The number of amides is 1. The summed E-state index contributed by atoms with van der Waals surface area (Å²) in [5.74, 6) is 0.0329. The van der Waals surface area contributed by atoms with Crippen molar-refractivity contribution in [2.45, 2.75) is 6.92 Å². The number of carbonyl (C=O) groups excluding carboxylic acids is 1. The van der Waals surface area contributed by atoms with Crippen LogP contribution in [0.25, 0.3) is 22.2 Å². The van der Waals surface area contributed by atoms with Gasteiger partial charge in [-0.25, -0.2) is 4.98 Å². The largest absolute Gasteiger partial charge is 0.506 e. The lowest BCUT2D eigenvalue weighted by Gasteiger charge is -2.16. The Morgan fingerprint density at radius 1 is 1.27 bits per heavy atom. The molecule has 0 aliphatic carbocycles. The van der Waals surface area contributed by atoms with Crippen LogP contribution in [0.2, 0.25) is 0 Å². The number of aliphatic hydroxyl groups is 1. The summed E-state index contributed by atoms with van der Waals surface area (Å²) in [4.78, 5) is 16.6. The Kier molecular flexibility index (Phi) is 4.64. The van der Waals surface area contributed by atoms with Gasteiger partial charge in [-0.1, -0.05) is 0 Å². The van der Waals surface area contributed by atoms with E-state index in [2.05, 4.69) is 10.3 Å². The topological polar surface area (TPSA) is 118 Å². The van der Waals surface area contributed by atoms with Crippen molar-refractivity contribution in [1.29, 1.82) is 0 Å². The van der Waals surface area contributed by atoms with Crippen LogP contribution in [0.1, 0.15) is 15.9 Å². The van der Waals surface area contributed by atoms with E-state index in [0.717, 1.165) is 5.39 Å². The molecule has 5 N–H and O–H groups in total. The Hall–Kier alpha value is -3.32. The molecule has 3 rings (SSSR count). The number of pyridine rings is 1. The third-order valence-corrected chi connectivity index (χ3v) is 4.24. The molecule has 1 heterocycles. The van der Waals surface area contributed by atoms with Crippen LogP contribution in [0, 0.1) is 6.92 Å². The van der Waals surface area contributed by atoms with E-state index in [0.29, 0.717) is 33.8 Å². The van der Waals surface area contributed by atoms with Gasteiger partial charge >= 0.3 is 0 Å². The highest BCUT2D eigenvalue weighted by Gasteiger charge is 2.18. The first-order chi connectivity index (χ1) is 12.5. The predicted octanol–water partition coefficient (Wildman–Crippen LogP) is 2.39. The molecule has 3 aromatic rings. The van der Waals surface area contributed by atoms with E-state index >= 15 is 0 Å². The number of benzene rings is 2. The van der Waals surface area contributed by atoms with E-state index in [1.165, 1.54) is 6.07 Å². The Morgan fingerprint density at radius 2 is 2.04 bits per heavy atom. The smallest absolute Gasteiger partial charge is 0.250 e. The molecule has 0 saturated carbocycles. The van der Waals surface area contributed by atoms with Crippen LogP contribution in [0.3, 0.4) is 0 Å². The van der Waals surface area contributed by atoms with Gasteiger partial charge in [0.25, 0.3) is 5.91 Å². The maximum Gasteiger partial charge on any atom is 0.250 e. The number of ether oxygens (including phenoxy) is 1. The molecule has 0 saturated heterocycles. The Labute approximate surface area is 150 Å². The first-order valence-corrected chi connectivity index (χ1v) is 7.92. The van der Waals surface area contributed by atoms with Crippen LogP contribution in [0.5, 0.6) is 11.5 Å². The molecule has 0 radical (unpaired) electrons. The second-order valence-corrected chi connectivity index (χ2v) is 5.77. The third kappa shape index (κ3) is 3.00. The van der Waals surface area contributed by atoms with Gasteiger partial charge in [0.05, 0.1) is 29.6 Å². The maximum absolute atomic E-state index is 12.0. The number of rotatable bonds is 5. The maximum atomic E-state index is 12.0. The summed E-state index contributed by atoms with van der Waals surface area (Å²) in [6.45, 7) is 1.41. The summed E-state index contributed by atoms with van der Waals surface area (Å²) in [5, 5.41) is 22.6. The van der Waals surface area contributed by atoms with Crippen molar-refractivity contribution in [3.63, 3.8) is 0 Å². The molecule has 0 bridgehead atoms. The molecule has 7 nitrogen and oxygen atoms in total. The number of nitrogens with zero attached hydrogens (tertiary/aromatic N) is 1. The molecular formula is C19H19N3O4. The van der Waals surface area contributed by atoms with Crippen molar-refractivity contribution >= 4 is 22.5 Å². The monoisotopic (exact) mass is 353 g/mol. The summed E-state index contributed by atoms with van der Waals surface area (Å²) in [7, 11) is 1.57. The van der Waals surface area contributed by atoms with E-state index in [4.69, 9.17) is 15.6 Å². The molecule has 0 aliphatic heterocycles. The average molecular weight is 353 g/mol. The fourth-order valence-electron chi connectivity index (χ4n) is 2.92. The lowest BCUT2D eigenvalue weighted by Crippen LogP contribution is -2.14. The Balaban J connectivity index is 2.31. The molecule has 0 fully saturated rings. The van der Waals surface area contributed by atoms with Crippen molar-refractivity contribution in [2.24, 2.45) is 5.73 Å². The molecule has 2 aromatic carbocycles. The molecule has 0 spiro atoms. The quantitative estimate of drug-likeness (QED) is 0.413. The molecule has 0 unspecified atom stereocenters. The van der Waals surface area contributed by atoms with E-state index < -0.39 is 5.91 Å². The van der Waals surface area contributed by atoms with Gasteiger partial charge < -0.3 is 26.0 Å². The molecule has 26 heavy (non-hydrogen) atoms. The van der Waals surface area contributed by atoms with Crippen LogP contribution in [0.15, 0.2) is 36.4 Å². The van der Waals surface area contributed by atoms with Gasteiger partial charge in [0.2, 0.25) is 0 Å². The molecule has 134 valence electrons. The number of aromatic hydroxyl groups is 1. The lowest BCUT2D eigenvalue weighted by molar-refractivity contribution is 0.100. The number of phenols is 1. The first kappa shape index (κ1) is 17.5. The third-order valence-electron chi connectivity index (χ3n) is 4.24. The van der Waals surface area contributed by atoms with Crippen molar-refractivity contribution in [1.82, 2.24) is 4.98 Å². The Morgan fingerprint density at radius 3 is 2.69 bits per heavy atom. The number of nitrogens with two attached hydrogens (primary N) is 1. The number of carbonyl (C=O) groups is 1. The summed E-state index contributed by atoms with van der Waals surface area (Å²) in [6, 6.07) is 10.2. The SMILES string of the molecule is COc1ccc2cc(C(N)=O)c(-c3ccc(O)c(NCO)c3C)nc2c1. The zero-order valence-corrected chi connectivity index (χ0v) is 14.4. The van der Waals surface area contributed by atoms with Crippen molar-refractivity contribution in [2.75, 3.05) is 19.2 Å². The summed E-state index contributed by atoms with van der Waals surface area (Å²) in [5.41, 5.74) is 8.51. The number of nitrogens with one attached hydrogen (secondary N) is 1. The van der Waals surface area contributed by atoms with E-state index in [1.807, 2.05) is 0 Å². The standard InChI is InChI=1S/C19H19N3O4/c1-10-13(5-6-16(24)17(10)21-9-23)18-14(19(20)25)7-11-3-4-12(26-2)8-15(11)22-18/h3-8,21,23-24H,9H2,1-2H3,(H2,20,25). The van der Waals surface area contributed by atoms with Crippen LogP contribution < -0.4 is 15.8 Å². The van der Waals surface area contributed by atoms with Crippen LogP contribution in [0.4, 0.5) is 5.69 Å². The van der Waals surface area contributed by atoms with Gasteiger partial charge in [-0.3, -0.25) is 4.79 Å². The van der Waals surface area contributed by atoms with Gasteiger partial charge in [-0.15, -0.1) is 0 Å². The number of hydrogen-bond acceptors (Lipinski definition) is 6. The predicted molar refractivity (Wildman–Crippen MR) is 99.4 cm³/mol. The van der Waals surface area contributed by atoms with E-state index in [9.17, 15) is 9.90 Å². The fraction of sp³-hybridized carbons (Fsp3) is 0.158. The van der Waals surface area contributed by atoms with Crippen LogP contribution in [-0.2, 0) is 0 Å². The van der Waals surface area contributed by atoms with Gasteiger partial charge in [-0.2, -0.15) is 0 Å². The number of primary amides is 1. The van der Waals surface area contributed by atoms with Crippen LogP contribution >= 0.6 is 0 Å². The zero-order valence-electron chi connectivity index (χ0n) is 14.4. The van der Waals surface area contributed by atoms with Gasteiger partial charge in [0.1, 0.15) is 18.2 Å². The van der Waals surface area contributed by atoms with Gasteiger partial charge in [-0.05, 0) is 42.8 Å². The average Bonchev–Trinajstić information content (AvgIpc) is 2.63. The van der Waals surface area contributed by atoms with Crippen molar-refractivity contribution in [3.8, 4) is 22.8 Å². The number of aromatic nitrogens is 1. The number of anilines is 1. The zero-order chi connectivity index (χ0) is 18.8. The summed E-state index contributed by atoms with van der Waals surface area (Å²) >= 11 is 0. The van der Waals surface area contributed by atoms with Crippen LogP contribution in [-0.4, -0.2) is 34.9 Å². The summed E-state index contributed by atoms with van der Waals surface area (Å²) in [6.07, 6.45) is 0. The van der Waals surface area contributed by atoms with Crippen molar-refractivity contribution in [3.05, 3.63) is 47.5 Å². The molecule has 0 atom stereocenters. The minimum Gasteiger partial charge on any atom is -0.506 e. The lowest BCUT2D eigenvalue weighted by atomic mass is 9.97. The van der Waals surface area contributed by atoms with Crippen molar-refractivity contribution < 1.29 is 19.7 Å². The molecule has 1 aromatic heterocycles. The minimum atomic E-state index is -0.602. The Bertz CT molecular complexity index is 1000. The highest BCUT2D eigenvalue weighted by molar-refractivity contribution is 6.03. The molecule has 1 amide bonds. The second-order valence-electron chi connectivity index (χ2n) is 5.77. The fourth-order valence-corrected chi connectivity index (χ4v) is 2.92. The number of aliphatic hydroxyl groups excluding tert-OH is 1. The number of methoxy groups -OCH3 is 1. The number of fused-ring (bicyclic) bond motifs is 1. The second kappa shape index (κ2) is 6.89. The minimum absolute atomic E-state index is 0.0108. The highest BCUT2D eigenvalue weighted by Crippen LogP contribution is 2.36. The molecular weight excluding hydrogens is 334 g/mol. The van der Waals surface area contributed by atoms with Gasteiger partial charge in [0.15, 0.2) is 0 Å². The highest BCUT2D eigenvalue weighted by atomic mass is 16.5. The van der Waals surface area contributed by atoms with Gasteiger partial charge in [0, 0.05) is 17.0 Å². The first-order valence-electron chi connectivity index (χ1n) is 7.92. The normalized spacial score (nSPS) is 10.7. The number of phenolic OH excluding ortho intramolecular Hbond substituents is 1. The van der Waals surface area contributed by atoms with E-state index in [-0.39, 0.29) is 18.0 Å².